The molecule has 26 heavy (non-hydrogen) atoms. The number of carbonyl (C=O) groups is 2. The zero-order valence-corrected chi connectivity index (χ0v) is 14.7. The fourth-order valence-electron chi connectivity index (χ4n) is 2.97. The first-order valence-electron chi connectivity index (χ1n) is 8.29. The molecule has 1 aromatic heterocycles. The number of aromatic nitrogens is 2. The Balaban J connectivity index is 1.77. The summed E-state index contributed by atoms with van der Waals surface area (Å²) < 4.78 is 1.11. The van der Waals surface area contributed by atoms with Gasteiger partial charge in [-0.3, -0.25) is 14.4 Å². The lowest BCUT2D eigenvalue weighted by atomic mass is 9.98. The molecular weight excluding hydrogens is 358 g/mol. The zero-order valence-electron chi connectivity index (χ0n) is 14.0. The predicted molar refractivity (Wildman–Crippen MR) is 95.9 cm³/mol. The van der Waals surface area contributed by atoms with E-state index < -0.39 is 11.9 Å². The standard InChI is InChI=1S/C18H18ClN3O4/c19-14-5-3-12(4-6-14)15-7-8-16(23)22(20-15)11-17(24)21-9-1-2-13(10-21)18(25)26/h3-8,13H,1-2,9-11H2,(H,25,26). The van der Waals surface area contributed by atoms with E-state index in [1.807, 2.05) is 0 Å². The minimum absolute atomic E-state index is 0.166. The number of hydrogen-bond donors (Lipinski definition) is 1. The molecule has 0 spiro atoms. The van der Waals surface area contributed by atoms with Crippen LogP contribution in [-0.2, 0) is 16.1 Å². The van der Waals surface area contributed by atoms with Gasteiger partial charge in [-0.15, -0.1) is 0 Å². The highest BCUT2D eigenvalue weighted by Crippen LogP contribution is 2.19. The maximum absolute atomic E-state index is 12.5. The minimum atomic E-state index is -0.900. The summed E-state index contributed by atoms with van der Waals surface area (Å²) in [6.07, 6.45) is 1.19. The largest absolute Gasteiger partial charge is 0.481 e. The van der Waals surface area contributed by atoms with Crippen molar-refractivity contribution >= 4 is 23.5 Å². The van der Waals surface area contributed by atoms with Gasteiger partial charge < -0.3 is 10.0 Å². The summed E-state index contributed by atoms with van der Waals surface area (Å²) in [7, 11) is 0. The molecule has 0 aliphatic carbocycles. The zero-order chi connectivity index (χ0) is 18.7. The van der Waals surface area contributed by atoms with Gasteiger partial charge in [0, 0.05) is 29.7 Å². The van der Waals surface area contributed by atoms with E-state index in [9.17, 15) is 14.4 Å². The molecule has 1 saturated heterocycles. The lowest BCUT2D eigenvalue weighted by Crippen LogP contribution is -2.44. The molecule has 1 amide bonds. The summed E-state index contributed by atoms with van der Waals surface area (Å²) in [5.74, 6) is -1.76. The molecule has 1 aliphatic heterocycles. The molecule has 8 heteroatoms. The van der Waals surface area contributed by atoms with Crippen molar-refractivity contribution in [2.75, 3.05) is 13.1 Å². The van der Waals surface area contributed by atoms with Gasteiger partial charge >= 0.3 is 5.97 Å². The van der Waals surface area contributed by atoms with Crippen LogP contribution in [0.25, 0.3) is 11.3 Å². The predicted octanol–water partition coefficient (Wildman–Crippen LogP) is 1.89. The third kappa shape index (κ3) is 4.11. The van der Waals surface area contributed by atoms with Crippen molar-refractivity contribution < 1.29 is 14.7 Å². The first-order chi connectivity index (χ1) is 12.4. The van der Waals surface area contributed by atoms with Gasteiger partial charge in [-0.25, -0.2) is 4.68 Å². The summed E-state index contributed by atoms with van der Waals surface area (Å²) in [6, 6.07) is 9.96. The maximum Gasteiger partial charge on any atom is 0.308 e. The van der Waals surface area contributed by atoms with Crippen molar-refractivity contribution in [3.63, 3.8) is 0 Å². The van der Waals surface area contributed by atoms with Crippen LogP contribution in [-0.4, -0.2) is 44.8 Å². The third-order valence-electron chi connectivity index (χ3n) is 4.41. The van der Waals surface area contributed by atoms with E-state index >= 15 is 0 Å². The second-order valence-corrected chi connectivity index (χ2v) is 6.67. The molecule has 1 aliphatic rings. The Kier molecular flexibility index (Phi) is 5.37. The average molecular weight is 376 g/mol. The van der Waals surface area contributed by atoms with E-state index in [4.69, 9.17) is 16.7 Å². The van der Waals surface area contributed by atoms with Crippen LogP contribution in [0.4, 0.5) is 0 Å². The van der Waals surface area contributed by atoms with Crippen LogP contribution >= 0.6 is 11.6 Å². The van der Waals surface area contributed by atoms with Crippen molar-refractivity contribution in [3.8, 4) is 11.3 Å². The van der Waals surface area contributed by atoms with E-state index in [-0.39, 0.29) is 24.6 Å². The molecule has 2 heterocycles. The van der Waals surface area contributed by atoms with Gasteiger partial charge in [-0.2, -0.15) is 5.10 Å². The summed E-state index contributed by atoms with van der Waals surface area (Å²) in [5, 5.41) is 14.0. The van der Waals surface area contributed by atoms with Gasteiger partial charge in [0.25, 0.3) is 5.56 Å². The summed E-state index contributed by atoms with van der Waals surface area (Å²) >= 11 is 5.88. The highest BCUT2D eigenvalue weighted by atomic mass is 35.5. The first-order valence-corrected chi connectivity index (χ1v) is 8.66. The second kappa shape index (κ2) is 7.70. The highest BCUT2D eigenvalue weighted by Gasteiger charge is 2.28. The van der Waals surface area contributed by atoms with Crippen LogP contribution in [0.3, 0.4) is 0 Å². The molecule has 1 fully saturated rings. The summed E-state index contributed by atoms with van der Waals surface area (Å²) in [4.78, 5) is 37.2. The van der Waals surface area contributed by atoms with E-state index in [0.29, 0.717) is 30.1 Å². The van der Waals surface area contributed by atoms with Crippen molar-refractivity contribution in [2.45, 2.75) is 19.4 Å². The van der Waals surface area contributed by atoms with Gasteiger partial charge in [0.05, 0.1) is 11.6 Å². The Hall–Kier alpha value is -2.67. The molecule has 0 saturated carbocycles. The summed E-state index contributed by atoms with van der Waals surface area (Å²) in [6.45, 7) is 0.445. The molecule has 7 nitrogen and oxygen atoms in total. The smallest absolute Gasteiger partial charge is 0.308 e. The second-order valence-electron chi connectivity index (χ2n) is 6.24. The highest BCUT2D eigenvalue weighted by molar-refractivity contribution is 6.30. The van der Waals surface area contributed by atoms with Gasteiger partial charge in [0.2, 0.25) is 5.91 Å². The average Bonchev–Trinajstić information content (AvgIpc) is 2.64. The Bertz CT molecular complexity index is 879. The number of benzene rings is 1. The van der Waals surface area contributed by atoms with Gasteiger partial charge in [0.15, 0.2) is 0 Å². The topological polar surface area (TPSA) is 92.5 Å². The number of carboxylic acid groups (broad SMARTS) is 1. The number of hydrogen-bond acceptors (Lipinski definition) is 4. The van der Waals surface area contributed by atoms with Gasteiger partial charge in [-0.05, 0) is 31.0 Å². The van der Waals surface area contributed by atoms with Crippen LogP contribution in [0, 0.1) is 5.92 Å². The number of amides is 1. The molecule has 1 atom stereocenters. The number of nitrogens with zero attached hydrogens (tertiary/aromatic N) is 3. The van der Waals surface area contributed by atoms with Crippen molar-refractivity contribution in [3.05, 3.63) is 51.8 Å². The van der Waals surface area contributed by atoms with E-state index in [1.54, 1.807) is 30.3 Å². The number of piperidine rings is 1. The molecule has 1 N–H and O–H groups in total. The number of aliphatic carboxylic acids is 1. The van der Waals surface area contributed by atoms with E-state index in [2.05, 4.69) is 5.10 Å². The fraction of sp³-hybridized carbons (Fsp3) is 0.333. The molecule has 0 bridgehead atoms. The van der Waals surface area contributed by atoms with Crippen LogP contribution < -0.4 is 5.56 Å². The van der Waals surface area contributed by atoms with E-state index in [1.165, 1.54) is 11.0 Å². The van der Waals surface area contributed by atoms with Crippen molar-refractivity contribution in [2.24, 2.45) is 5.92 Å². The fourth-order valence-corrected chi connectivity index (χ4v) is 3.10. The minimum Gasteiger partial charge on any atom is -0.481 e. The van der Waals surface area contributed by atoms with Crippen molar-refractivity contribution in [1.82, 2.24) is 14.7 Å². The van der Waals surface area contributed by atoms with Gasteiger partial charge in [-0.1, -0.05) is 23.7 Å². The molecular formula is C18H18ClN3O4. The normalized spacial score (nSPS) is 17.1. The molecule has 1 unspecified atom stereocenters. The number of rotatable bonds is 4. The number of carbonyl (C=O) groups excluding carboxylic acids is 1. The number of halogens is 1. The summed E-state index contributed by atoms with van der Waals surface area (Å²) in [5.41, 5.74) is 0.943. The SMILES string of the molecule is O=C(O)C1CCCN(C(=O)Cn2nc(-c3ccc(Cl)cc3)ccc2=O)C1. The lowest BCUT2D eigenvalue weighted by molar-refractivity contribution is -0.145. The number of likely N-dealkylation sites (tertiary alicyclic amines) is 1. The van der Waals surface area contributed by atoms with Crippen LogP contribution in [0.1, 0.15) is 12.8 Å². The quantitative estimate of drug-likeness (QED) is 0.880. The van der Waals surface area contributed by atoms with Gasteiger partial charge in [0.1, 0.15) is 6.54 Å². The Morgan fingerprint density at radius 2 is 1.92 bits per heavy atom. The van der Waals surface area contributed by atoms with E-state index in [0.717, 1.165) is 10.2 Å². The third-order valence-corrected chi connectivity index (χ3v) is 4.67. The first kappa shape index (κ1) is 18.1. The molecule has 136 valence electrons. The number of carboxylic acids is 1. The Morgan fingerprint density at radius 3 is 2.62 bits per heavy atom. The Morgan fingerprint density at radius 1 is 1.19 bits per heavy atom. The Labute approximate surface area is 154 Å². The van der Waals surface area contributed by atoms with Crippen molar-refractivity contribution in [1.29, 1.82) is 0 Å². The van der Waals surface area contributed by atoms with Crippen LogP contribution in [0.2, 0.25) is 5.02 Å². The monoisotopic (exact) mass is 375 g/mol. The van der Waals surface area contributed by atoms with Crippen LogP contribution in [0.15, 0.2) is 41.2 Å². The van der Waals surface area contributed by atoms with Crippen LogP contribution in [0.5, 0.6) is 0 Å². The molecule has 2 aromatic rings. The molecule has 0 radical (unpaired) electrons. The maximum atomic E-state index is 12.5. The molecule has 1 aromatic carbocycles. The molecule has 3 rings (SSSR count). The lowest BCUT2D eigenvalue weighted by Gasteiger charge is -2.30.